The second kappa shape index (κ2) is 6.98. The molecule has 1 aromatic heterocycles. The molecular formula is C16H13BrN2O2S. The van der Waals surface area contributed by atoms with Gasteiger partial charge in [-0.1, -0.05) is 22.0 Å². The van der Waals surface area contributed by atoms with E-state index >= 15 is 0 Å². The fourth-order valence-corrected chi connectivity index (χ4v) is 2.90. The molecule has 0 unspecified atom stereocenters. The van der Waals surface area contributed by atoms with Gasteiger partial charge < -0.3 is 9.15 Å². The van der Waals surface area contributed by atoms with Crippen molar-refractivity contribution in [1.82, 2.24) is 10.2 Å². The van der Waals surface area contributed by atoms with Crippen LogP contribution in [0.1, 0.15) is 5.89 Å². The van der Waals surface area contributed by atoms with Crippen molar-refractivity contribution < 1.29 is 9.15 Å². The molecule has 112 valence electrons. The monoisotopic (exact) mass is 376 g/mol. The van der Waals surface area contributed by atoms with Crippen LogP contribution in [-0.2, 0) is 5.75 Å². The number of halogens is 1. The van der Waals surface area contributed by atoms with Crippen molar-refractivity contribution in [2.75, 3.05) is 7.11 Å². The molecule has 0 aliphatic carbocycles. The van der Waals surface area contributed by atoms with Gasteiger partial charge in [-0.3, -0.25) is 0 Å². The molecule has 0 atom stereocenters. The highest BCUT2D eigenvalue weighted by atomic mass is 79.9. The largest absolute Gasteiger partial charge is 0.497 e. The molecule has 0 bridgehead atoms. The predicted octanol–water partition coefficient (Wildman–Crippen LogP) is 4.80. The Bertz CT molecular complexity index is 759. The zero-order valence-corrected chi connectivity index (χ0v) is 14.2. The summed E-state index contributed by atoms with van der Waals surface area (Å²) < 4.78 is 11.9. The molecule has 0 radical (unpaired) electrons. The Labute approximate surface area is 141 Å². The molecular weight excluding hydrogens is 364 g/mol. The van der Waals surface area contributed by atoms with Crippen molar-refractivity contribution in [2.45, 2.75) is 10.6 Å². The summed E-state index contributed by atoms with van der Waals surface area (Å²) in [6.45, 7) is 0. The van der Waals surface area contributed by atoms with Crippen LogP contribution in [0.2, 0.25) is 0 Å². The zero-order valence-electron chi connectivity index (χ0n) is 11.8. The first-order valence-corrected chi connectivity index (χ1v) is 8.37. The Morgan fingerprint density at radius 1 is 1.14 bits per heavy atom. The van der Waals surface area contributed by atoms with E-state index in [0.717, 1.165) is 20.7 Å². The second-order valence-corrected chi connectivity index (χ2v) is 6.44. The number of hydrogen-bond acceptors (Lipinski definition) is 5. The van der Waals surface area contributed by atoms with Gasteiger partial charge in [-0.05, 0) is 42.5 Å². The Balaban J connectivity index is 1.67. The molecule has 0 aliphatic heterocycles. The Kier molecular flexibility index (Phi) is 4.80. The maximum absolute atomic E-state index is 5.70. The van der Waals surface area contributed by atoms with Gasteiger partial charge in [0.1, 0.15) is 5.75 Å². The van der Waals surface area contributed by atoms with E-state index in [4.69, 9.17) is 9.15 Å². The molecule has 3 rings (SSSR count). The summed E-state index contributed by atoms with van der Waals surface area (Å²) in [7, 11) is 1.66. The summed E-state index contributed by atoms with van der Waals surface area (Å²) in [6.07, 6.45) is 0. The summed E-state index contributed by atoms with van der Waals surface area (Å²) in [6, 6.07) is 15.7. The highest BCUT2D eigenvalue weighted by molar-refractivity contribution is 9.10. The molecule has 4 nitrogen and oxygen atoms in total. The Morgan fingerprint density at radius 2 is 1.95 bits per heavy atom. The first-order chi connectivity index (χ1) is 10.7. The summed E-state index contributed by atoms with van der Waals surface area (Å²) >= 11 is 5.04. The van der Waals surface area contributed by atoms with Crippen LogP contribution in [0, 0.1) is 0 Å². The number of thioether (sulfide) groups is 1. The molecule has 0 amide bonds. The Hall–Kier alpha value is -1.79. The lowest BCUT2D eigenvalue weighted by molar-refractivity contribution is 0.413. The van der Waals surface area contributed by atoms with Crippen molar-refractivity contribution in [1.29, 1.82) is 0 Å². The number of nitrogens with zero attached hydrogens (tertiary/aromatic N) is 2. The summed E-state index contributed by atoms with van der Waals surface area (Å²) in [5.41, 5.74) is 0.910. The number of hydrogen-bond donors (Lipinski definition) is 0. The third-order valence-electron chi connectivity index (χ3n) is 2.96. The van der Waals surface area contributed by atoms with Crippen LogP contribution in [0.4, 0.5) is 0 Å². The maximum atomic E-state index is 5.70. The lowest BCUT2D eigenvalue weighted by atomic mass is 10.2. The van der Waals surface area contributed by atoms with Crippen LogP contribution in [0.25, 0.3) is 11.5 Å². The number of benzene rings is 2. The van der Waals surface area contributed by atoms with E-state index in [0.29, 0.717) is 17.5 Å². The van der Waals surface area contributed by atoms with Crippen molar-refractivity contribution in [3.8, 4) is 17.2 Å². The van der Waals surface area contributed by atoms with Gasteiger partial charge in [0, 0.05) is 14.9 Å². The molecule has 2 aromatic carbocycles. The maximum Gasteiger partial charge on any atom is 0.247 e. The second-order valence-electron chi connectivity index (χ2n) is 4.48. The van der Waals surface area contributed by atoms with E-state index in [9.17, 15) is 0 Å². The Morgan fingerprint density at radius 3 is 2.73 bits per heavy atom. The molecule has 0 saturated heterocycles. The molecule has 0 spiro atoms. The van der Waals surface area contributed by atoms with Gasteiger partial charge in [0.25, 0.3) is 0 Å². The van der Waals surface area contributed by atoms with Crippen LogP contribution in [0.5, 0.6) is 5.75 Å². The van der Waals surface area contributed by atoms with E-state index in [1.165, 1.54) is 0 Å². The van der Waals surface area contributed by atoms with Crippen LogP contribution < -0.4 is 4.74 Å². The standard InChI is InChI=1S/C16H13BrN2O2S/c1-20-13-3-2-4-14(9-13)22-10-15-18-19-16(21-15)11-5-7-12(17)8-6-11/h2-9H,10H2,1H3. The zero-order chi connectivity index (χ0) is 15.4. The van der Waals surface area contributed by atoms with Gasteiger partial charge in [-0.15, -0.1) is 22.0 Å². The molecule has 1 heterocycles. The fourth-order valence-electron chi connectivity index (χ4n) is 1.86. The predicted molar refractivity (Wildman–Crippen MR) is 90.0 cm³/mol. The normalized spacial score (nSPS) is 10.6. The van der Waals surface area contributed by atoms with Gasteiger partial charge in [-0.2, -0.15) is 0 Å². The number of ether oxygens (including phenoxy) is 1. The minimum atomic E-state index is 0.536. The molecule has 0 fully saturated rings. The van der Waals surface area contributed by atoms with Crippen LogP contribution >= 0.6 is 27.7 Å². The number of methoxy groups -OCH3 is 1. The van der Waals surface area contributed by atoms with Gasteiger partial charge in [0.2, 0.25) is 11.8 Å². The molecule has 22 heavy (non-hydrogen) atoms. The highest BCUT2D eigenvalue weighted by Gasteiger charge is 2.09. The van der Waals surface area contributed by atoms with Crippen LogP contribution in [0.15, 0.2) is 62.3 Å². The quantitative estimate of drug-likeness (QED) is 0.598. The molecule has 0 aliphatic rings. The van der Waals surface area contributed by atoms with E-state index in [1.54, 1.807) is 18.9 Å². The molecule has 3 aromatic rings. The van der Waals surface area contributed by atoms with Crippen molar-refractivity contribution in [2.24, 2.45) is 0 Å². The van der Waals surface area contributed by atoms with E-state index in [-0.39, 0.29) is 0 Å². The number of rotatable bonds is 5. The third-order valence-corrected chi connectivity index (χ3v) is 4.47. The van der Waals surface area contributed by atoms with Crippen LogP contribution in [0.3, 0.4) is 0 Å². The molecule has 0 saturated carbocycles. The van der Waals surface area contributed by atoms with Gasteiger partial charge in [0.15, 0.2) is 0 Å². The summed E-state index contributed by atoms with van der Waals surface area (Å²) in [5.74, 6) is 2.60. The molecule has 6 heteroatoms. The van der Waals surface area contributed by atoms with Crippen LogP contribution in [-0.4, -0.2) is 17.3 Å². The van der Waals surface area contributed by atoms with Gasteiger partial charge in [0.05, 0.1) is 12.9 Å². The average Bonchev–Trinajstić information content (AvgIpc) is 3.03. The smallest absolute Gasteiger partial charge is 0.247 e. The van der Waals surface area contributed by atoms with Crippen molar-refractivity contribution in [3.05, 3.63) is 58.9 Å². The number of aromatic nitrogens is 2. The van der Waals surface area contributed by atoms with E-state index in [2.05, 4.69) is 26.1 Å². The third kappa shape index (κ3) is 3.69. The minimum Gasteiger partial charge on any atom is -0.497 e. The minimum absolute atomic E-state index is 0.536. The van der Waals surface area contributed by atoms with Gasteiger partial charge >= 0.3 is 0 Å². The van der Waals surface area contributed by atoms with Crippen molar-refractivity contribution >= 4 is 27.7 Å². The summed E-state index contributed by atoms with van der Waals surface area (Å²) in [4.78, 5) is 1.10. The SMILES string of the molecule is COc1cccc(SCc2nnc(-c3ccc(Br)cc3)o2)c1. The highest BCUT2D eigenvalue weighted by Crippen LogP contribution is 2.27. The van der Waals surface area contributed by atoms with E-state index in [1.807, 2.05) is 48.5 Å². The van der Waals surface area contributed by atoms with E-state index < -0.39 is 0 Å². The molecule has 0 N–H and O–H groups in total. The average molecular weight is 377 g/mol. The topological polar surface area (TPSA) is 48.2 Å². The first-order valence-electron chi connectivity index (χ1n) is 6.60. The summed E-state index contributed by atoms with van der Waals surface area (Å²) in [5, 5.41) is 8.18. The first kappa shape index (κ1) is 15.1. The fraction of sp³-hybridized carbons (Fsp3) is 0.125. The lowest BCUT2D eigenvalue weighted by Crippen LogP contribution is -1.83. The van der Waals surface area contributed by atoms with Crippen molar-refractivity contribution in [3.63, 3.8) is 0 Å². The lowest BCUT2D eigenvalue weighted by Gasteiger charge is -2.02. The van der Waals surface area contributed by atoms with Gasteiger partial charge in [-0.25, -0.2) is 0 Å².